The molecule has 1 unspecified atom stereocenters. The zero-order valence-electron chi connectivity index (χ0n) is 10.1. The Balaban J connectivity index is 1.60. The van der Waals surface area contributed by atoms with E-state index in [1.54, 1.807) is 0 Å². The smallest absolute Gasteiger partial charge is 0.0554 e. The fraction of sp³-hybridized carbons (Fsp3) is 1.00. The van der Waals surface area contributed by atoms with Gasteiger partial charge in [-0.1, -0.05) is 6.92 Å². The van der Waals surface area contributed by atoms with Crippen LogP contribution in [-0.4, -0.2) is 50.3 Å². The molecule has 2 fully saturated rings. The highest BCUT2D eigenvalue weighted by molar-refractivity contribution is 4.84. The first-order chi connectivity index (χ1) is 7.20. The van der Waals surface area contributed by atoms with Crippen LogP contribution >= 0.6 is 0 Å². The molecule has 0 aromatic carbocycles. The van der Waals surface area contributed by atoms with Crippen molar-refractivity contribution in [2.24, 2.45) is 5.41 Å². The second-order valence-electron chi connectivity index (χ2n) is 5.53. The number of likely N-dealkylation sites (tertiary alicyclic amines) is 1. The third-order valence-corrected chi connectivity index (χ3v) is 3.66. The van der Waals surface area contributed by atoms with Crippen molar-refractivity contribution < 1.29 is 4.74 Å². The van der Waals surface area contributed by atoms with Crippen LogP contribution in [0.15, 0.2) is 0 Å². The average Bonchev–Trinajstić information content (AvgIpc) is 2.67. The summed E-state index contributed by atoms with van der Waals surface area (Å²) in [5.41, 5.74) is 0.407. The van der Waals surface area contributed by atoms with Crippen molar-refractivity contribution in [1.82, 2.24) is 10.2 Å². The Labute approximate surface area is 93.2 Å². The predicted molar refractivity (Wildman–Crippen MR) is 62.1 cm³/mol. The second kappa shape index (κ2) is 4.81. The summed E-state index contributed by atoms with van der Waals surface area (Å²) in [6.45, 7) is 11.3. The van der Waals surface area contributed by atoms with Crippen LogP contribution in [-0.2, 0) is 4.74 Å². The van der Waals surface area contributed by atoms with Gasteiger partial charge in [0.15, 0.2) is 0 Å². The molecule has 0 amide bonds. The van der Waals surface area contributed by atoms with Crippen molar-refractivity contribution in [3.05, 3.63) is 0 Å². The maximum atomic E-state index is 5.24. The summed E-state index contributed by atoms with van der Waals surface area (Å²) in [5, 5.41) is 3.58. The molecule has 0 bridgehead atoms. The molecule has 2 rings (SSSR count). The zero-order chi connectivity index (χ0) is 10.7. The van der Waals surface area contributed by atoms with E-state index in [0.29, 0.717) is 11.5 Å². The molecule has 1 atom stereocenters. The average molecular weight is 212 g/mol. The highest BCUT2D eigenvalue weighted by Crippen LogP contribution is 2.25. The molecule has 0 aliphatic carbocycles. The standard InChI is InChI=1S/C12H24N2O/c1-11(14-5-3-4-6-14)7-13-8-12(2)9-15-10-12/h11,13H,3-10H2,1-2H3. The van der Waals surface area contributed by atoms with Crippen LogP contribution in [0.3, 0.4) is 0 Å². The Bertz CT molecular complexity index is 198. The maximum absolute atomic E-state index is 5.24. The molecular formula is C12H24N2O. The van der Waals surface area contributed by atoms with Gasteiger partial charge in [-0.05, 0) is 32.9 Å². The molecule has 0 aromatic heterocycles. The van der Waals surface area contributed by atoms with Gasteiger partial charge < -0.3 is 10.1 Å². The minimum atomic E-state index is 0.407. The minimum Gasteiger partial charge on any atom is -0.380 e. The fourth-order valence-electron chi connectivity index (χ4n) is 2.45. The summed E-state index contributed by atoms with van der Waals surface area (Å²) in [6.07, 6.45) is 2.77. The number of rotatable bonds is 5. The van der Waals surface area contributed by atoms with E-state index in [4.69, 9.17) is 4.74 Å². The zero-order valence-corrected chi connectivity index (χ0v) is 10.1. The lowest BCUT2D eigenvalue weighted by atomic mass is 9.89. The first-order valence-electron chi connectivity index (χ1n) is 6.22. The van der Waals surface area contributed by atoms with Gasteiger partial charge in [0, 0.05) is 24.5 Å². The van der Waals surface area contributed by atoms with Crippen molar-refractivity contribution in [3.8, 4) is 0 Å². The molecule has 3 heteroatoms. The summed E-state index contributed by atoms with van der Waals surface area (Å²) >= 11 is 0. The molecule has 2 aliphatic rings. The number of hydrogen-bond donors (Lipinski definition) is 1. The fourth-order valence-corrected chi connectivity index (χ4v) is 2.45. The monoisotopic (exact) mass is 212 g/mol. The molecule has 0 radical (unpaired) electrons. The molecule has 1 N–H and O–H groups in total. The van der Waals surface area contributed by atoms with Gasteiger partial charge in [-0.25, -0.2) is 0 Å². The third kappa shape index (κ3) is 2.92. The Morgan fingerprint density at radius 1 is 1.33 bits per heavy atom. The van der Waals surface area contributed by atoms with E-state index in [1.807, 2.05) is 0 Å². The summed E-state index contributed by atoms with van der Waals surface area (Å²) in [7, 11) is 0. The Morgan fingerprint density at radius 3 is 2.53 bits per heavy atom. The number of ether oxygens (including phenoxy) is 1. The van der Waals surface area contributed by atoms with Crippen molar-refractivity contribution in [2.75, 3.05) is 39.4 Å². The summed E-state index contributed by atoms with van der Waals surface area (Å²) in [4.78, 5) is 2.59. The normalized spacial score (nSPS) is 27.6. The molecule has 3 nitrogen and oxygen atoms in total. The highest BCUT2D eigenvalue weighted by Gasteiger charge is 2.32. The van der Waals surface area contributed by atoms with Gasteiger partial charge in [0.2, 0.25) is 0 Å². The molecule has 2 aliphatic heterocycles. The quantitative estimate of drug-likeness (QED) is 0.738. The molecule has 88 valence electrons. The summed E-state index contributed by atoms with van der Waals surface area (Å²) < 4.78 is 5.24. The highest BCUT2D eigenvalue weighted by atomic mass is 16.5. The van der Waals surface area contributed by atoms with E-state index < -0.39 is 0 Å². The Kier molecular flexibility index (Phi) is 3.65. The predicted octanol–water partition coefficient (Wildman–Crippen LogP) is 1.10. The van der Waals surface area contributed by atoms with Gasteiger partial charge in [0.05, 0.1) is 13.2 Å². The number of nitrogens with zero attached hydrogens (tertiary/aromatic N) is 1. The minimum absolute atomic E-state index is 0.407. The summed E-state index contributed by atoms with van der Waals surface area (Å²) in [6, 6.07) is 0.692. The van der Waals surface area contributed by atoms with E-state index >= 15 is 0 Å². The first-order valence-corrected chi connectivity index (χ1v) is 6.22. The van der Waals surface area contributed by atoms with E-state index in [2.05, 4.69) is 24.1 Å². The van der Waals surface area contributed by atoms with E-state index in [0.717, 1.165) is 26.3 Å². The molecule has 0 aromatic rings. The van der Waals surface area contributed by atoms with Crippen molar-refractivity contribution in [2.45, 2.75) is 32.7 Å². The van der Waals surface area contributed by atoms with Crippen molar-refractivity contribution >= 4 is 0 Å². The van der Waals surface area contributed by atoms with Crippen LogP contribution < -0.4 is 5.32 Å². The number of hydrogen-bond acceptors (Lipinski definition) is 3. The van der Waals surface area contributed by atoms with Crippen molar-refractivity contribution in [1.29, 1.82) is 0 Å². The summed E-state index contributed by atoms with van der Waals surface area (Å²) in [5.74, 6) is 0. The SMILES string of the molecule is CC(CNCC1(C)COC1)N1CCCC1. The van der Waals surface area contributed by atoms with Crippen LogP contribution in [0.4, 0.5) is 0 Å². The Morgan fingerprint density at radius 2 is 2.00 bits per heavy atom. The third-order valence-electron chi connectivity index (χ3n) is 3.66. The van der Waals surface area contributed by atoms with Crippen LogP contribution in [0.25, 0.3) is 0 Å². The van der Waals surface area contributed by atoms with Gasteiger partial charge in [0.25, 0.3) is 0 Å². The van der Waals surface area contributed by atoms with Crippen LogP contribution in [0.2, 0.25) is 0 Å². The van der Waals surface area contributed by atoms with E-state index in [9.17, 15) is 0 Å². The lowest BCUT2D eigenvalue weighted by molar-refractivity contribution is -0.0992. The molecule has 0 spiro atoms. The lowest BCUT2D eigenvalue weighted by Crippen LogP contribution is -2.49. The van der Waals surface area contributed by atoms with Gasteiger partial charge >= 0.3 is 0 Å². The van der Waals surface area contributed by atoms with Crippen LogP contribution in [0, 0.1) is 5.41 Å². The van der Waals surface area contributed by atoms with Crippen LogP contribution in [0.5, 0.6) is 0 Å². The van der Waals surface area contributed by atoms with E-state index in [-0.39, 0.29) is 0 Å². The topological polar surface area (TPSA) is 24.5 Å². The number of nitrogens with one attached hydrogen (secondary N) is 1. The second-order valence-corrected chi connectivity index (χ2v) is 5.53. The van der Waals surface area contributed by atoms with Gasteiger partial charge in [-0.2, -0.15) is 0 Å². The molecule has 2 saturated heterocycles. The van der Waals surface area contributed by atoms with Crippen LogP contribution in [0.1, 0.15) is 26.7 Å². The van der Waals surface area contributed by atoms with E-state index in [1.165, 1.54) is 25.9 Å². The van der Waals surface area contributed by atoms with Crippen molar-refractivity contribution in [3.63, 3.8) is 0 Å². The molecular weight excluding hydrogens is 188 g/mol. The maximum Gasteiger partial charge on any atom is 0.0554 e. The Hall–Kier alpha value is -0.120. The van der Waals surface area contributed by atoms with Gasteiger partial charge in [0.1, 0.15) is 0 Å². The largest absolute Gasteiger partial charge is 0.380 e. The molecule has 2 heterocycles. The van der Waals surface area contributed by atoms with Gasteiger partial charge in [-0.15, -0.1) is 0 Å². The molecule has 15 heavy (non-hydrogen) atoms. The van der Waals surface area contributed by atoms with Gasteiger partial charge in [-0.3, -0.25) is 4.90 Å². The first kappa shape index (κ1) is 11.4. The molecule has 0 saturated carbocycles. The lowest BCUT2D eigenvalue weighted by Gasteiger charge is -2.38.